The Hall–Kier alpha value is -1.14. The minimum absolute atomic E-state index is 0.189. The first-order valence-electron chi connectivity index (χ1n) is 6.46. The predicted molar refractivity (Wildman–Crippen MR) is 66.0 cm³/mol. The zero-order valence-electron chi connectivity index (χ0n) is 10.7. The van der Waals surface area contributed by atoms with Crippen molar-refractivity contribution in [3.05, 3.63) is 0 Å². The van der Waals surface area contributed by atoms with E-state index in [9.17, 15) is 9.59 Å². The highest BCUT2D eigenvalue weighted by atomic mass is 16.5. The van der Waals surface area contributed by atoms with Gasteiger partial charge in [-0.1, -0.05) is 19.8 Å². The van der Waals surface area contributed by atoms with E-state index in [0.717, 1.165) is 12.8 Å². The smallest absolute Gasteiger partial charge is 0.332 e. The number of carboxylic acid groups (broad SMARTS) is 1. The second kappa shape index (κ2) is 7.33. The lowest BCUT2D eigenvalue weighted by atomic mass is 10.1. The highest BCUT2D eigenvalue weighted by Gasteiger charge is 2.30. The number of hydrogen-bond acceptors (Lipinski definition) is 4. The van der Waals surface area contributed by atoms with Crippen LogP contribution in [0.3, 0.4) is 0 Å². The molecule has 18 heavy (non-hydrogen) atoms. The summed E-state index contributed by atoms with van der Waals surface area (Å²) in [6, 6.07) is -0.485. The van der Waals surface area contributed by atoms with Crippen LogP contribution in [0.4, 0.5) is 0 Å². The van der Waals surface area contributed by atoms with Gasteiger partial charge < -0.3 is 20.9 Å². The van der Waals surface area contributed by atoms with Crippen molar-refractivity contribution in [2.75, 3.05) is 6.54 Å². The summed E-state index contributed by atoms with van der Waals surface area (Å²) < 4.78 is 5.28. The summed E-state index contributed by atoms with van der Waals surface area (Å²) in [5.74, 6) is -1.13. The maximum Gasteiger partial charge on any atom is 0.332 e. The lowest BCUT2D eigenvalue weighted by Gasteiger charge is -2.15. The largest absolute Gasteiger partial charge is 0.479 e. The van der Waals surface area contributed by atoms with Crippen molar-refractivity contribution in [3.8, 4) is 0 Å². The number of amides is 1. The van der Waals surface area contributed by atoms with Gasteiger partial charge in [0.25, 0.3) is 0 Å². The molecule has 0 aromatic heterocycles. The number of ether oxygens (including phenoxy) is 1. The number of aliphatic carboxylic acids is 1. The Kier molecular flexibility index (Phi) is 6.07. The maximum absolute atomic E-state index is 11.6. The molecule has 1 aliphatic rings. The van der Waals surface area contributed by atoms with Gasteiger partial charge in [-0.15, -0.1) is 0 Å². The summed E-state index contributed by atoms with van der Waals surface area (Å²) in [4.78, 5) is 22.3. The SMILES string of the molecule is CCCC[C@H](N)C(=O)NCC1CCC(C(=O)O)O1. The zero-order valence-corrected chi connectivity index (χ0v) is 10.7. The first-order valence-corrected chi connectivity index (χ1v) is 6.46. The Balaban J connectivity index is 2.21. The van der Waals surface area contributed by atoms with Crippen LogP contribution < -0.4 is 11.1 Å². The van der Waals surface area contributed by atoms with Crippen LogP contribution in [-0.2, 0) is 14.3 Å². The van der Waals surface area contributed by atoms with E-state index in [2.05, 4.69) is 5.32 Å². The number of nitrogens with two attached hydrogens (primary N) is 1. The van der Waals surface area contributed by atoms with E-state index in [4.69, 9.17) is 15.6 Å². The monoisotopic (exact) mass is 258 g/mol. The van der Waals surface area contributed by atoms with Crippen molar-refractivity contribution in [2.45, 2.75) is 57.3 Å². The van der Waals surface area contributed by atoms with E-state index in [0.29, 0.717) is 25.8 Å². The number of hydrogen-bond donors (Lipinski definition) is 3. The summed E-state index contributed by atoms with van der Waals surface area (Å²) in [6.07, 6.45) is 2.81. The normalized spacial score (nSPS) is 24.8. The molecular weight excluding hydrogens is 236 g/mol. The number of unbranched alkanes of at least 4 members (excludes halogenated alkanes) is 1. The van der Waals surface area contributed by atoms with Gasteiger partial charge in [0.2, 0.25) is 5.91 Å². The molecule has 3 atom stereocenters. The molecule has 0 spiro atoms. The van der Waals surface area contributed by atoms with Gasteiger partial charge in [-0.2, -0.15) is 0 Å². The standard InChI is InChI=1S/C12H22N2O4/c1-2-3-4-9(13)11(15)14-7-8-5-6-10(18-8)12(16)17/h8-10H,2-7,13H2,1H3,(H,14,15)(H,16,17)/t8?,9-,10?/m0/s1. The first-order chi connectivity index (χ1) is 8.54. The number of rotatable bonds is 7. The molecule has 6 nitrogen and oxygen atoms in total. The topological polar surface area (TPSA) is 102 Å². The molecule has 1 heterocycles. The first kappa shape index (κ1) is 14.9. The van der Waals surface area contributed by atoms with E-state index < -0.39 is 18.1 Å². The van der Waals surface area contributed by atoms with E-state index in [1.54, 1.807) is 0 Å². The fraction of sp³-hybridized carbons (Fsp3) is 0.833. The average Bonchev–Trinajstić information content (AvgIpc) is 2.81. The van der Waals surface area contributed by atoms with Crippen molar-refractivity contribution < 1.29 is 19.4 Å². The molecule has 1 rings (SSSR count). The second-order valence-corrected chi connectivity index (χ2v) is 4.66. The van der Waals surface area contributed by atoms with Crippen molar-refractivity contribution >= 4 is 11.9 Å². The summed E-state index contributed by atoms with van der Waals surface area (Å²) in [5, 5.41) is 11.5. The summed E-state index contributed by atoms with van der Waals surface area (Å²) in [5.41, 5.74) is 5.72. The molecule has 2 unspecified atom stereocenters. The molecule has 6 heteroatoms. The Morgan fingerprint density at radius 1 is 1.50 bits per heavy atom. The quantitative estimate of drug-likeness (QED) is 0.607. The molecule has 1 aliphatic heterocycles. The van der Waals surface area contributed by atoms with Crippen LogP contribution in [0.1, 0.15) is 39.0 Å². The lowest BCUT2D eigenvalue weighted by Crippen LogP contribution is -2.43. The van der Waals surface area contributed by atoms with E-state index in [1.807, 2.05) is 6.92 Å². The molecule has 0 saturated carbocycles. The van der Waals surface area contributed by atoms with Crippen molar-refractivity contribution in [3.63, 3.8) is 0 Å². The molecule has 0 aromatic rings. The molecule has 104 valence electrons. The fourth-order valence-electron chi connectivity index (χ4n) is 1.94. The van der Waals surface area contributed by atoms with Gasteiger partial charge in [0.1, 0.15) is 0 Å². The molecule has 1 amide bonds. The van der Waals surface area contributed by atoms with Crippen LogP contribution >= 0.6 is 0 Å². The van der Waals surface area contributed by atoms with Crippen LogP contribution in [0.2, 0.25) is 0 Å². The van der Waals surface area contributed by atoms with Crippen molar-refractivity contribution in [2.24, 2.45) is 5.73 Å². The molecule has 0 radical (unpaired) electrons. The van der Waals surface area contributed by atoms with Gasteiger partial charge in [0.15, 0.2) is 6.10 Å². The van der Waals surface area contributed by atoms with Crippen LogP contribution in [-0.4, -0.2) is 41.8 Å². The third-order valence-electron chi connectivity index (χ3n) is 3.09. The highest BCUT2D eigenvalue weighted by molar-refractivity contribution is 5.81. The Morgan fingerprint density at radius 2 is 2.22 bits per heavy atom. The molecule has 0 aliphatic carbocycles. The van der Waals surface area contributed by atoms with Crippen LogP contribution in [0, 0.1) is 0 Å². The molecule has 0 bridgehead atoms. The Morgan fingerprint density at radius 3 is 2.78 bits per heavy atom. The van der Waals surface area contributed by atoms with Crippen LogP contribution in [0.15, 0.2) is 0 Å². The predicted octanol–water partition coefficient (Wildman–Crippen LogP) is 0.252. The number of nitrogens with one attached hydrogen (secondary N) is 1. The number of carboxylic acids is 1. The lowest BCUT2D eigenvalue weighted by molar-refractivity contribution is -0.149. The van der Waals surface area contributed by atoms with Gasteiger partial charge in [0.05, 0.1) is 12.1 Å². The van der Waals surface area contributed by atoms with Gasteiger partial charge in [-0.3, -0.25) is 4.79 Å². The summed E-state index contributed by atoms with van der Waals surface area (Å²) in [7, 11) is 0. The zero-order chi connectivity index (χ0) is 13.5. The fourth-order valence-corrected chi connectivity index (χ4v) is 1.94. The Bertz CT molecular complexity index is 296. The third-order valence-corrected chi connectivity index (χ3v) is 3.09. The van der Waals surface area contributed by atoms with Gasteiger partial charge in [-0.25, -0.2) is 4.79 Å². The van der Waals surface area contributed by atoms with Crippen molar-refractivity contribution in [1.82, 2.24) is 5.32 Å². The van der Waals surface area contributed by atoms with Gasteiger partial charge in [0, 0.05) is 6.54 Å². The maximum atomic E-state index is 11.6. The molecule has 4 N–H and O–H groups in total. The minimum Gasteiger partial charge on any atom is -0.479 e. The summed E-state index contributed by atoms with van der Waals surface area (Å²) in [6.45, 7) is 2.38. The molecule has 1 saturated heterocycles. The van der Waals surface area contributed by atoms with Gasteiger partial charge in [-0.05, 0) is 19.3 Å². The van der Waals surface area contributed by atoms with Crippen LogP contribution in [0.25, 0.3) is 0 Å². The Labute approximate surface area is 107 Å². The minimum atomic E-state index is -0.941. The van der Waals surface area contributed by atoms with E-state index >= 15 is 0 Å². The summed E-state index contributed by atoms with van der Waals surface area (Å²) >= 11 is 0. The van der Waals surface area contributed by atoms with E-state index in [-0.39, 0.29) is 12.0 Å². The number of carbonyl (C=O) groups is 2. The average molecular weight is 258 g/mol. The van der Waals surface area contributed by atoms with Gasteiger partial charge >= 0.3 is 5.97 Å². The van der Waals surface area contributed by atoms with Crippen LogP contribution in [0.5, 0.6) is 0 Å². The number of carbonyl (C=O) groups excluding carboxylic acids is 1. The molecule has 1 fully saturated rings. The van der Waals surface area contributed by atoms with Crippen molar-refractivity contribution in [1.29, 1.82) is 0 Å². The second-order valence-electron chi connectivity index (χ2n) is 4.66. The molecule has 0 aromatic carbocycles. The highest BCUT2D eigenvalue weighted by Crippen LogP contribution is 2.19. The van der Waals surface area contributed by atoms with E-state index in [1.165, 1.54) is 0 Å². The molecular formula is C12H22N2O4. The third kappa shape index (κ3) is 4.62.